The summed E-state index contributed by atoms with van der Waals surface area (Å²) in [6.07, 6.45) is 0.761. The van der Waals surface area contributed by atoms with Gasteiger partial charge in [-0.2, -0.15) is 0 Å². The number of carbonyl (C=O) groups excluding carboxylic acids is 1. The molecule has 0 aliphatic carbocycles. The van der Waals surface area contributed by atoms with Gasteiger partial charge in [0, 0.05) is 5.56 Å². The number of hydrogen-bond acceptors (Lipinski definition) is 2. The molecule has 0 amide bonds. The smallest absolute Gasteiger partial charge is 0.165 e. The van der Waals surface area contributed by atoms with E-state index in [2.05, 4.69) is 11.8 Å². The fraction of sp³-hybridized carbons (Fsp3) is 0.100. The Bertz CT molecular complexity index is 420. The topological polar surface area (TPSA) is 43.1 Å². The summed E-state index contributed by atoms with van der Waals surface area (Å²) in [6.45, 7) is 0. The Morgan fingerprint density at radius 3 is 2.93 bits per heavy atom. The highest BCUT2D eigenvalue weighted by molar-refractivity contribution is 6.32. The molecular weight excluding hydrogens is 205 g/mol. The summed E-state index contributed by atoms with van der Waals surface area (Å²) >= 11 is 5.63. The van der Waals surface area contributed by atoms with Crippen molar-refractivity contribution in [2.24, 2.45) is 0 Å². The van der Waals surface area contributed by atoms with Crippen molar-refractivity contribution in [1.29, 1.82) is 0 Å². The van der Waals surface area contributed by atoms with E-state index in [1.54, 1.807) is 0 Å². The number of hydrogen-bond donors (Lipinski definition) is 1. The number of halogens is 2. The molecule has 14 heavy (non-hydrogen) atoms. The van der Waals surface area contributed by atoms with Gasteiger partial charge in [0.1, 0.15) is 6.29 Å². The van der Waals surface area contributed by atoms with Crippen LogP contribution in [0.2, 0.25) is 5.02 Å². The summed E-state index contributed by atoms with van der Waals surface area (Å²) in [7, 11) is 0. The lowest BCUT2D eigenvalue weighted by Crippen LogP contribution is -1.92. The second kappa shape index (κ2) is 4.64. The van der Waals surface area contributed by atoms with Gasteiger partial charge in [0.05, 0.1) is 17.1 Å². The number of benzene rings is 1. The van der Waals surface area contributed by atoms with Gasteiger partial charge in [-0.15, -0.1) is 0 Å². The maximum Gasteiger partial charge on any atom is 0.165 e. The minimum atomic E-state index is -0.676. The predicted octanol–water partition coefficient (Wildman–Crippen LogP) is 2.00. The molecule has 0 unspecified atom stereocenters. The van der Waals surface area contributed by atoms with Gasteiger partial charge >= 0.3 is 0 Å². The molecule has 2 N–H and O–H groups in total. The fourth-order valence-electron chi connectivity index (χ4n) is 0.849. The van der Waals surface area contributed by atoms with E-state index in [1.807, 2.05) is 0 Å². The van der Waals surface area contributed by atoms with E-state index >= 15 is 0 Å². The summed E-state index contributed by atoms with van der Waals surface area (Å²) in [5, 5.41) is -0.108. The molecule has 1 rings (SSSR count). The third-order valence-corrected chi connectivity index (χ3v) is 1.89. The molecule has 0 heterocycles. The van der Waals surface area contributed by atoms with E-state index in [0.29, 0.717) is 11.8 Å². The van der Waals surface area contributed by atoms with Gasteiger partial charge in [-0.1, -0.05) is 23.4 Å². The Hall–Kier alpha value is -1.53. The number of carbonyl (C=O) groups is 1. The largest absolute Gasteiger partial charge is 0.396 e. The predicted molar refractivity (Wildman–Crippen MR) is 53.4 cm³/mol. The van der Waals surface area contributed by atoms with Crippen molar-refractivity contribution in [2.45, 2.75) is 6.42 Å². The zero-order valence-corrected chi connectivity index (χ0v) is 7.94. The average molecular weight is 212 g/mol. The molecule has 1 aromatic carbocycles. The molecule has 0 aromatic heterocycles. The highest BCUT2D eigenvalue weighted by atomic mass is 35.5. The van der Waals surface area contributed by atoms with Crippen molar-refractivity contribution in [1.82, 2.24) is 0 Å². The van der Waals surface area contributed by atoms with E-state index in [1.165, 1.54) is 12.1 Å². The van der Waals surface area contributed by atoms with Crippen LogP contribution in [0.25, 0.3) is 0 Å². The lowest BCUT2D eigenvalue weighted by atomic mass is 10.2. The van der Waals surface area contributed by atoms with Gasteiger partial charge in [-0.05, 0) is 12.1 Å². The van der Waals surface area contributed by atoms with Crippen LogP contribution in [-0.2, 0) is 4.79 Å². The Morgan fingerprint density at radius 1 is 1.57 bits per heavy atom. The van der Waals surface area contributed by atoms with Crippen molar-refractivity contribution >= 4 is 23.6 Å². The number of aldehydes is 1. The van der Waals surface area contributed by atoms with E-state index in [-0.39, 0.29) is 17.1 Å². The second-order valence-electron chi connectivity index (χ2n) is 2.50. The Morgan fingerprint density at radius 2 is 2.29 bits per heavy atom. The highest BCUT2D eigenvalue weighted by Gasteiger charge is 2.07. The number of nitrogens with two attached hydrogens (primary N) is 1. The lowest BCUT2D eigenvalue weighted by molar-refractivity contribution is -0.107. The Balaban J connectivity index is 3.07. The van der Waals surface area contributed by atoms with Gasteiger partial charge in [0.25, 0.3) is 0 Å². The zero-order chi connectivity index (χ0) is 10.6. The number of anilines is 1. The van der Waals surface area contributed by atoms with Gasteiger partial charge in [0.15, 0.2) is 5.82 Å². The molecule has 0 aliphatic rings. The third kappa shape index (κ3) is 2.24. The Labute approximate surface area is 85.9 Å². The molecular formula is C10H7ClFNO. The SMILES string of the molecule is Nc1ccc(C#CCC=O)c(Cl)c1F. The molecule has 0 bridgehead atoms. The van der Waals surface area contributed by atoms with Gasteiger partial charge in [-0.25, -0.2) is 4.39 Å². The molecule has 0 aliphatic heterocycles. The first-order chi connectivity index (χ1) is 6.66. The first-order valence-corrected chi connectivity index (χ1v) is 4.20. The van der Waals surface area contributed by atoms with E-state index in [4.69, 9.17) is 17.3 Å². The molecule has 2 nitrogen and oxygen atoms in total. The molecule has 0 saturated heterocycles. The maximum absolute atomic E-state index is 13.1. The summed E-state index contributed by atoms with van der Waals surface area (Å²) in [5.74, 6) is 4.43. The summed E-state index contributed by atoms with van der Waals surface area (Å²) in [6, 6.07) is 2.89. The van der Waals surface area contributed by atoms with Gasteiger partial charge in [-0.3, -0.25) is 0 Å². The molecule has 0 saturated carbocycles. The monoisotopic (exact) mass is 211 g/mol. The molecule has 72 valence electrons. The molecule has 0 fully saturated rings. The minimum absolute atomic E-state index is 0.0177. The summed E-state index contributed by atoms with van der Waals surface area (Å²) in [4.78, 5) is 9.97. The minimum Gasteiger partial charge on any atom is -0.396 e. The molecule has 0 atom stereocenters. The summed E-state index contributed by atoms with van der Waals surface area (Å²) in [5.41, 5.74) is 5.60. The quantitative estimate of drug-likeness (QED) is 0.439. The van der Waals surface area contributed by atoms with Gasteiger partial charge < -0.3 is 10.5 Å². The van der Waals surface area contributed by atoms with Crippen molar-refractivity contribution < 1.29 is 9.18 Å². The van der Waals surface area contributed by atoms with Crippen molar-refractivity contribution in [3.8, 4) is 11.8 Å². The van der Waals surface area contributed by atoms with Crippen LogP contribution < -0.4 is 5.73 Å². The average Bonchev–Trinajstić information content (AvgIpc) is 2.18. The highest BCUT2D eigenvalue weighted by Crippen LogP contribution is 2.23. The van der Waals surface area contributed by atoms with Crippen LogP contribution in [0, 0.1) is 17.7 Å². The van der Waals surface area contributed by atoms with Crippen LogP contribution in [-0.4, -0.2) is 6.29 Å². The number of rotatable bonds is 1. The first-order valence-electron chi connectivity index (χ1n) is 3.82. The van der Waals surface area contributed by atoms with Crippen molar-refractivity contribution in [3.05, 3.63) is 28.5 Å². The van der Waals surface area contributed by atoms with Crippen LogP contribution >= 0.6 is 11.6 Å². The van der Waals surface area contributed by atoms with E-state index < -0.39 is 5.82 Å². The van der Waals surface area contributed by atoms with Crippen molar-refractivity contribution in [3.63, 3.8) is 0 Å². The van der Waals surface area contributed by atoms with Crippen LogP contribution in [0.5, 0.6) is 0 Å². The molecule has 4 heteroatoms. The fourth-order valence-corrected chi connectivity index (χ4v) is 1.07. The number of nitrogen functional groups attached to an aromatic ring is 1. The molecule has 0 radical (unpaired) electrons. The van der Waals surface area contributed by atoms with Crippen LogP contribution in [0.3, 0.4) is 0 Å². The zero-order valence-electron chi connectivity index (χ0n) is 7.18. The Kier molecular flexibility index (Phi) is 3.49. The second-order valence-corrected chi connectivity index (χ2v) is 2.88. The summed E-state index contributed by atoms with van der Waals surface area (Å²) < 4.78 is 13.1. The normalized spacial score (nSPS) is 9.00. The van der Waals surface area contributed by atoms with Crippen molar-refractivity contribution in [2.75, 3.05) is 5.73 Å². The van der Waals surface area contributed by atoms with Crippen LogP contribution in [0.1, 0.15) is 12.0 Å². The molecule has 0 spiro atoms. The lowest BCUT2D eigenvalue weighted by Gasteiger charge is -2.00. The maximum atomic E-state index is 13.1. The standard InChI is InChI=1S/C10H7ClFNO/c11-9-7(3-1-2-6-14)4-5-8(13)10(9)12/h4-6H,2,13H2. The van der Waals surface area contributed by atoms with Crippen LogP contribution in [0.15, 0.2) is 12.1 Å². The van der Waals surface area contributed by atoms with E-state index in [0.717, 1.165) is 0 Å². The van der Waals surface area contributed by atoms with Gasteiger partial charge in [0.2, 0.25) is 0 Å². The van der Waals surface area contributed by atoms with E-state index in [9.17, 15) is 9.18 Å². The first kappa shape index (κ1) is 10.6. The molecule has 1 aromatic rings. The third-order valence-electron chi connectivity index (χ3n) is 1.52. The van der Waals surface area contributed by atoms with Crippen LogP contribution in [0.4, 0.5) is 10.1 Å².